The molecule has 7 heteroatoms. The van der Waals surface area contributed by atoms with Gasteiger partial charge in [0, 0.05) is 31.5 Å². The summed E-state index contributed by atoms with van der Waals surface area (Å²) in [5.41, 5.74) is 0.417. The van der Waals surface area contributed by atoms with Crippen LogP contribution in [0.5, 0.6) is 0 Å². The SMILES string of the molecule is CCN(C(=O)CCn1c2ccc(C(F)(F)F)cc2nc1[C@H]1CC[C@H](CC)CC1)C1CCCCC1. The van der Waals surface area contributed by atoms with Crippen LogP contribution >= 0.6 is 0 Å². The summed E-state index contributed by atoms with van der Waals surface area (Å²) in [6, 6.07) is 4.16. The lowest BCUT2D eigenvalue weighted by atomic mass is 9.80. The quantitative estimate of drug-likeness (QED) is 0.419. The Morgan fingerprint density at radius 2 is 1.76 bits per heavy atom. The molecule has 1 heterocycles. The van der Waals surface area contributed by atoms with Gasteiger partial charge in [0.1, 0.15) is 5.82 Å². The molecule has 4 rings (SSSR count). The van der Waals surface area contributed by atoms with Crippen molar-refractivity contribution < 1.29 is 18.0 Å². The number of alkyl halides is 3. The van der Waals surface area contributed by atoms with E-state index in [0.29, 0.717) is 36.6 Å². The molecule has 0 radical (unpaired) electrons. The van der Waals surface area contributed by atoms with Crippen LogP contribution in [0.3, 0.4) is 0 Å². The van der Waals surface area contributed by atoms with Crippen molar-refractivity contribution in [3.8, 4) is 0 Å². The molecule has 1 aromatic carbocycles. The highest BCUT2D eigenvalue weighted by molar-refractivity contribution is 5.79. The van der Waals surface area contributed by atoms with Gasteiger partial charge in [0.15, 0.2) is 0 Å². The number of aryl methyl sites for hydroxylation is 1. The molecule has 0 saturated heterocycles. The molecule has 0 aliphatic heterocycles. The number of benzene rings is 1. The van der Waals surface area contributed by atoms with Crippen LogP contribution in [0, 0.1) is 5.92 Å². The summed E-state index contributed by atoms with van der Waals surface area (Å²) in [4.78, 5) is 20.0. The van der Waals surface area contributed by atoms with Gasteiger partial charge in [0.05, 0.1) is 16.6 Å². The van der Waals surface area contributed by atoms with E-state index < -0.39 is 11.7 Å². The van der Waals surface area contributed by atoms with Crippen molar-refractivity contribution in [1.82, 2.24) is 14.5 Å². The topological polar surface area (TPSA) is 38.1 Å². The maximum Gasteiger partial charge on any atom is 0.416 e. The third-order valence-corrected chi connectivity index (χ3v) is 8.12. The van der Waals surface area contributed by atoms with E-state index in [1.165, 1.54) is 31.7 Å². The molecule has 0 spiro atoms. The number of nitrogens with zero attached hydrogens (tertiary/aromatic N) is 3. The van der Waals surface area contributed by atoms with E-state index in [4.69, 9.17) is 4.98 Å². The standard InChI is InChI=1S/C27H38F3N3O/c1-3-19-10-12-20(13-11-19)26-31-23-18-21(27(28,29)30)14-15-24(23)33(26)17-16-25(34)32(4-2)22-8-6-5-7-9-22/h14-15,18-20,22H,3-13,16-17H2,1-2H3/t19-,20-. The number of carbonyl (C=O) groups excluding carboxylic acids is 1. The Morgan fingerprint density at radius 3 is 2.38 bits per heavy atom. The number of imidazole rings is 1. The predicted molar refractivity (Wildman–Crippen MR) is 129 cm³/mol. The molecule has 1 aromatic heterocycles. The zero-order chi connectivity index (χ0) is 24.3. The first-order valence-electron chi connectivity index (χ1n) is 13.2. The van der Waals surface area contributed by atoms with Crippen LogP contribution in [-0.4, -0.2) is 32.9 Å². The highest BCUT2D eigenvalue weighted by Gasteiger charge is 2.32. The van der Waals surface area contributed by atoms with Gasteiger partial charge >= 0.3 is 6.18 Å². The summed E-state index contributed by atoms with van der Waals surface area (Å²) < 4.78 is 42.0. The monoisotopic (exact) mass is 477 g/mol. The third kappa shape index (κ3) is 5.44. The predicted octanol–water partition coefficient (Wildman–Crippen LogP) is 7.31. The number of aromatic nitrogens is 2. The minimum atomic E-state index is -4.39. The largest absolute Gasteiger partial charge is 0.416 e. The zero-order valence-electron chi connectivity index (χ0n) is 20.5. The molecule has 188 valence electrons. The van der Waals surface area contributed by atoms with Gasteiger partial charge < -0.3 is 9.47 Å². The fourth-order valence-corrected chi connectivity index (χ4v) is 6.08. The Morgan fingerprint density at radius 1 is 1.06 bits per heavy atom. The van der Waals surface area contributed by atoms with E-state index in [9.17, 15) is 18.0 Å². The first-order chi connectivity index (χ1) is 16.3. The maximum atomic E-state index is 13.3. The van der Waals surface area contributed by atoms with Crippen LogP contribution in [0.1, 0.15) is 102 Å². The highest BCUT2D eigenvalue weighted by Crippen LogP contribution is 2.39. The summed E-state index contributed by atoms with van der Waals surface area (Å²) in [6.07, 6.45) is 7.12. The Kier molecular flexibility index (Phi) is 7.88. The minimum Gasteiger partial charge on any atom is -0.340 e. The minimum absolute atomic E-state index is 0.142. The Hall–Kier alpha value is -2.05. The van der Waals surface area contributed by atoms with Crippen LogP contribution in [0.15, 0.2) is 18.2 Å². The molecule has 34 heavy (non-hydrogen) atoms. The summed E-state index contributed by atoms with van der Waals surface area (Å²) in [5, 5.41) is 0. The molecular weight excluding hydrogens is 439 g/mol. The van der Waals surface area contributed by atoms with E-state index in [-0.39, 0.29) is 11.8 Å². The zero-order valence-corrected chi connectivity index (χ0v) is 20.5. The van der Waals surface area contributed by atoms with E-state index in [1.54, 1.807) is 0 Å². The Bertz CT molecular complexity index is 969. The van der Waals surface area contributed by atoms with Crippen LogP contribution in [-0.2, 0) is 17.5 Å². The number of fused-ring (bicyclic) bond motifs is 1. The molecule has 0 atom stereocenters. The normalized spacial score (nSPS) is 22.3. The molecule has 0 N–H and O–H groups in total. The van der Waals surface area contributed by atoms with Gasteiger partial charge in [-0.15, -0.1) is 0 Å². The van der Waals surface area contributed by atoms with Gasteiger partial charge in [0.2, 0.25) is 5.91 Å². The third-order valence-electron chi connectivity index (χ3n) is 8.12. The first-order valence-corrected chi connectivity index (χ1v) is 13.2. The van der Waals surface area contributed by atoms with E-state index in [1.807, 2.05) is 16.4 Å². The van der Waals surface area contributed by atoms with Gasteiger partial charge in [0.25, 0.3) is 0 Å². The van der Waals surface area contributed by atoms with Crippen molar-refractivity contribution in [2.24, 2.45) is 5.92 Å². The van der Waals surface area contributed by atoms with Crippen LogP contribution in [0.25, 0.3) is 11.0 Å². The average molecular weight is 478 g/mol. The lowest BCUT2D eigenvalue weighted by molar-refractivity contribution is -0.137. The second kappa shape index (κ2) is 10.7. The second-order valence-electron chi connectivity index (χ2n) is 10.2. The highest BCUT2D eigenvalue weighted by atomic mass is 19.4. The number of carbonyl (C=O) groups is 1. The van der Waals surface area contributed by atoms with Gasteiger partial charge in [-0.2, -0.15) is 13.2 Å². The number of amides is 1. The lowest BCUT2D eigenvalue weighted by Crippen LogP contribution is -2.41. The van der Waals surface area contributed by atoms with Crippen molar-refractivity contribution >= 4 is 16.9 Å². The second-order valence-corrected chi connectivity index (χ2v) is 10.2. The molecule has 4 nitrogen and oxygen atoms in total. The summed E-state index contributed by atoms with van der Waals surface area (Å²) >= 11 is 0. The van der Waals surface area contributed by atoms with Crippen LogP contribution < -0.4 is 0 Å². The molecule has 2 fully saturated rings. The number of rotatable bonds is 7. The van der Waals surface area contributed by atoms with E-state index in [0.717, 1.165) is 62.4 Å². The van der Waals surface area contributed by atoms with Gasteiger partial charge in [-0.05, 0) is 69.6 Å². The Labute approximate surface area is 200 Å². The van der Waals surface area contributed by atoms with E-state index >= 15 is 0 Å². The number of halogens is 3. The molecule has 2 aliphatic rings. The van der Waals surface area contributed by atoms with Crippen molar-refractivity contribution in [1.29, 1.82) is 0 Å². The molecule has 0 unspecified atom stereocenters. The van der Waals surface area contributed by atoms with E-state index in [2.05, 4.69) is 6.92 Å². The molecule has 2 saturated carbocycles. The van der Waals surface area contributed by atoms with Gasteiger partial charge in [-0.3, -0.25) is 4.79 Å². The summed E-state index contributed by atoms with van der Waals surface area (Å²) in [5.74, 6) is 1.96. The van der Waals surface area contributed by atoms with Crippen LogP contribution in [0.4, 0.5) is 13.2 Å². The Balaban J connectivity index is 1.59. The summed E-state index contributed by atoms with van der Waals surface area (Å²) in [6.45, 7) is 5.43. The molecular formula is C27H38F3N3O. The van der Waals surface area contributed by atoms with Crippen molar-refractivity contribution in [3.05, 3.63) is 29.6 Å². The smallest absolute Gasteiger partial charge is 0.340 e. The van der Waals surface area contributed by atoms with Crippen LogP contribution in [0.2, 0.25) is 0 Å². The fourth-order valence-electron chi connectivity index (χ4n) is 6.08. The average Bonchev–Trinajstić information content (AvgIpc) is 3.21. The van der Waals surface area contributed by atoms with Gasteiger partial charge in [-0.25, -0.2) is 4.98 Å². The number of hydrogen-bond acceptors (Lipinski definition) is 2. The number of hydrogen-bond donors (Lipinski definition) is 0. The van der Waals surface area contributed by atoms with Crippen molar-refractivity contribution in [2.75, 3.05) is 6.54 Å². The van der Waals surface area contributed by atoms with Crippen molar-refractivity contribution in [2.45, 2.75) is 109 Å². The fraction of sp³-hybridized carbons (Fsp3) is 0.704. The first kappa shape index (κ1) is 25.1. The van der Waals surface area contributed by atoms with Crippen molar-refractivity contribution in [3.63, 3.8) is 0 Å². The lowest BCUT2D eigenvalue weighted by Gasteiger charge is -2.34. The summed E-state index contributed by atoms with van der Waals surface area (Å²) in [7, 11) is 0. The molecule has 2 aliphatic carbocycles. The maximum absolute atomic E-state index is 13.3. The molecule has 2 aromatic rings. The molecule has 0 bridgehead atoms. The molecule has 1 amide bonds. The van der Waals surface area contributed by atoms with Gasteiger partial charge in [-0.1, -0.05) is 32.6 Å².